The molecule has 4 aromatic rings. The first-order valence-electron chi connectivity index (χ1n) is 10.0. The Morgan fingerprint density at radius 1 is 1.12 bits per heavy atom. The van der Waals surface area contributed by atoms with Gasteiger partial charge in [0.1, 0.15) is 5.82 Å². The standard InChI is InChI=1S/C23H23N5O3S/c1-28-21(26-27-23(28)32)10-11-24-22(29)16-13-18(25-17-7-5-4-6-15(16)17)14-8-9-19(30-2)20(12-14)31-3/h4-9,12-13H,10-11H2,1-3H3,(H,24,29)(H,27,32). The van der Waals surface area contributed by atoms with Gasteiger partial charge in [0.05, 0.1) is 31.0 Å². The van der Waals surface area contributed by atoms with Crippen LogP contribution in [0.1, 0.15) is 16.2 Å². The Bertz CT molecular complexity index is 1350. The molecular formula is C23H23N5O3S. The molecule has 0 saturated carbocycles. The lowest BCUT2D eigenvalue weighted by atomic mass is 10.0. The van der Waals surface area contributed by atoms with E-state index in [9.17, 15) is 4.79 Å². The fourth-order valence-electron chi connectivity index (χ4n) is 3.49. The highest BCUT2D eigenvalue weighted by atomic mass is 32.1. The molecule has 0 bridgehead atoms. The minimum absolute atomic E-state index is 0.179. The molecule has 2 N–H and O–H groups in total. The molecule has 0 radical (unpaired) electrons. The van der Waals surface area contributed by atoms with Gasteiger partial charge in [0.15, 0.2) is 16.3 Å². The number of para-hydroxylation sites is 1. The monoisotopic (exact) mass is 449 g/mol. The van der Waals surface area contributed by atoms with Gasteiger partial charge in [-0.25, -0.2) is 4.98 Å². The van der Waals surface area contributed by atoms with Crippen LogP contribution in [0.3, 0.4) is 0 Å². The number of nitrogens with one attached hydrogen (secondary N) is 2. The van der Waals surface area contributed by atoms with Crippen LogP contribution in [0.5, 0.6) is 11.5 Å². The number of pyridine rings is 1. The fraction of sp³-hybridized carbons (Fsp3) is 0.217. The van der Waals surface area contributed by atoms with Gasteiger partial charge in [-0.1, -0.05) is 18.2 Å². The molecule has 0 unspecified atom stereocenters. The summed E-state index contributed by atoms with van der Waals surface area (Å²) in [5.74, 6) is 1.82. The maximum absolute atomic E-state index is 13.1. The predicted molar refractivity (Wildman–Crippen MR) is 125 cm³/mol. The highest BCUT2D eigenvalue weighted by Crippen LogP contribution is 2.33. The third kappa shape index (κ3) is 4.19. The van der Waals surface area contributed by atoms with E-state index in [1.54, 1.807) is 24.9 Å². The van der Waals surface area contributed by atoms with Gasteiger partial charge in [0.25, 0.3) is 5.91 Å². The number of aromatic nitrogens is 4. The lowest BCUT2D eigenvalue weighted by Crippen LogP contribution is -2.26. The maximum Gasteiger partial charge on any atom is 0.252 e. The molecule has 2 aromatic heterocycles. The first kappa shape index (κ1) is 21.5. The van der Waals surface area contributed by atoms with E-state index in [4.69, 9.17) is 26.7 Å². The molecule has 2 aromatic carbocycles. The van der Waals surface area contributed by atoms with E-state index in [0.717, 1.165) is 22.3 Å². The molecule has 0 fully saturated rings. The second-order valence-corrected chi connectivity index (χ2v) is 7.54. The number of amides is 1. The van der Waals surface area contributed by atoms with Crippen molar-refractivity contribution in [1.82, 2.24) is 25.1 Å². The zero-order valence-corrected chi connectivity index (χ0v) is 18.8. The maximum atomic E-state index is 13.1. The van der Waals surface area contributed by atoms with Crippen LogP contribution in [-0.2, 0) is 13.5 Å². The van der Waals surface area contributed by atoms with Crippen molar-refractivity contribution in [3.63, 3.8) is 0 Å². The lowest BCUT2D eigenvalue weighted by Gasteiger charge is -2.12. The van der Waals surface area contributed by atoms with Crippen molar-refractivity contribution in [2.45, 2.75) is 6.42 Å². The van der Waals surface area contributed by atoms with Crippen LogP contribution in [0.2, 0.25) is 0 Å². The summed E-state index contributed by atoms with van der Waals surface area (Å²) in [5, 5.41) is 10.7. The summed E-state index contributed by atoms with van der Waals surface area (Å²) >= 11 is 5.13. The van der Waals surface area contributed by atoms with E-state index in [-0.39, 0.29) is 5.91 Å². The molecule has 0 saturated heterocycles. The lowest BCUT2D eigenvalue weighted by molar-refractivity contribution is 0.0955. The van der Waals surface area contributed by atoms with Crippen molar-refractivity contribution in [3.8, 4) is 22.8 Å². The van der Waals surface area contributed by atoms with Crippen LogP contribution >= 0.6 is 12.2 Å². The Balaban J connectivity index is 1.65. The number of hydrogen-bond acceptors (Lipinski definition) is 6. The summed E-state index contributed by atoms with van der Waals surface area (Å²) in [6.07, 6.45) is 0.556. The fourth-order valence-corrected chi connectivity index (χ4v) is 3.64. The molecular weight excluding hydrogens is 426 g/mol. The van der Waals surface area contributed by atoms with Gasteiger partial charge in [-0.2, -0.15) is 5.10 Å². The normalized spacial score (nSPS) is 10.8. The molecule has 9 heteroatoms. The van der Waals surface area contributed by atoms with Crippen molar-refractivity contribution in [3.05, 3.63) is 64.7 Å². The topological polar surface area (TPSA) is 94.1 Å². The number of hydrogen-bond donors (Lipinski definition) is 2. The zero-order valence-electron chi connectivity index (χ0n) is 18.0. The molecule has 0 aliphatic carbocycles. The number of benzene rings is 2. The average molecular weight is 450 g/mol. The number of carbonyl (C=O) groups excluding carboxylic acids is 1. The van der Waals surface area contributed by atoms with Crippen LogP contribution in [0.25, 0.3) is 22.2 Å². The SMILES string of the molecule is COc1ccc(-c2cc(C(=O)NCCc3n[nH]c(=S)n3C)c3ccccc3n2)cc1OC. The largest absolute Gasteiger partial charge is 0.493 e. The number of H-pyrrole nitrogens is 1. The molecule has 32 heavy (non-hydrogen) atoms. The van der Waals surface area contributed by atoms with Gasteiger partial charge >= 0.3 is 0 Å². The van der Waals surface area contributed by atoms with Crippen molar-refractivity contribution in [2.75, 3.05) is 20.8 Å². The summed E-state index contributed by atoms with van der Waals surface area (Å²) in [5.41, 5.74) is 2.78. The van der Waals surface area contributed by atoms with Crippen molar-refractivity contribution >= 4 is 29.0 Å². The minimum Gasteiger partial charge on any atom is -0.493 e. The minimum atomic E-state index is -0.179. The highest BCUT2D eigenvalue weighted by molar-refractivity contribution is 7.71. The van der Waals surface area contributed by atoms with E-state index in [0.29, 0.717) is 40.5 Å². The zero-order chi connectivity index (χ0) is 22.7. The molecule has 0 aliphatic rings. The molecule has 164 valence electrons. The molecule has 8 nitrogen and oxygen atoms in total. The Hall–Kier alpha value is -3.72. The molecule has 1 amide bonds. The third-order valence-electron chi connectivity index (χ3n) is 5.25. The van der Waals surface area contributed by atoms with Gasteiger partial charge in [-0.15, -0.1) is 0 Å². The van der Waals surface area contributed by atoms with E-state index >= 15 is 0 Å². The summed E-state index contributed by atoms with van der Waals surface area (Å²) in [6.45, 7) is 0.425. The second-order valence-electron chi connectivity index (χ2n) is 7.15. The first-order chi connectivity index (χ1) is 15.5. The van der Waals surface area contributed by atoms with Crippen molar-refractivity contribution in [1.29, 1.82) is 0 Å². The first-order valence-corrected chi connectivity index (χ1v) is 10.4. The van der Waals surface area contributed by atoms with E-state index in [1.807, 2.05) is 49.5 Å². The third-order valence-corrected chi connectivity index (χ3v) is 5.61. The number of nitrogens with zero attached hydrogens (tertiary/aromatic N) is 3. The Kier molecular flexibility index (Phi) is 6.18. The van der Waals surface area contributed by atoms with Crippen LogP contribution < -0.4 is 14.8 Å². The van der Waals surface area contributed by atoms with Gasteiger partial charge in [-0.05, 0) is 42.5 Å². The number of fused-ring (bicyclic) bond motifs is 1. The number of rotatable bonds is 7. The molecule has 0 atom stereocenters. The van der Waals surface area contributed by atoms with E-state index in [2.05, 4.69) is 15.5 Å². The number of carbonyl (C=O) groups is 1. The quantitative estimate of drug-likeness (QED) is 0.418. The Morgan fingerprint density at radius 3 is 2.62 bits per heavy atom. The van der Waals surface area contributed by atoms with Crippen LogP contribution in [0.15, 0.2) is 48.5 Å². The molecule has 0 aliphatic heterocycles. The number of ether oxygens (including phenoxy) is 2. The van der Waals surface area contributed by atoms with E-state index < -0.39 is 0 Å². The Morgan fingerprint density at radius 2 is 1.91 bits per heavy atom. The van der Waals surface area contributed by atoms with Crippen LogP contribution in [0, 0.1) is 4.77 Å². The van der Waals surface area contributed by atoms with Crippen LogP contribution in [-0.4, -0.2) is 46.4 Å². The van der Waals surface area contributed by atoms with E-state index in [1.165, 1.54) is 0 Å². The molecule has 0 spiro atoms. The smallest absolute Gasteiger partial charge is 0.252 e. The Labute approximate surface area is 190 Å². The van der Waals surface area contributed by atoms with Gasteiger partial charge < -0.3 is 19.4 Å². The van der Waals surface area contributed by atoms with Gasteiger partial charge in [-0.3, -0.25) is 9.89 Å². The molecule has 4 rings (SSSR count). The van der Waals surface area contributed by atoms with Gasteiger partial charge in [0.2, 0.25) is 0 Å². The summed E-state index contributed by atoms with van der Waals surface area (Å²) in [4.78, 5) is 17.9. The average Bonchev–Trinajstić information content (AvgIpc) is 3.15. The number of methoxy groups -OCH3 is 2. The highest BCUT2D eigenvalue weighted by Gasteiger charge is 2.15. The summed E-state index contributed by atoms with van der Waals surface area (Å²) in [7, 11) is 5.02. The number of aromatic amines is 1. The molecule has 2 heterocycles. The van der Waals surface area contributed by atoms with Crippen molar-refractivity contribution < 1.29 is 14.3 Å². The summed E-state index contributed by atoms with van der Waals surface area (Å²) < 4.78 is 13.1. The second kappa shape index (κ2) is 9.19. The summed E-state index contributed by atoms with van der Waals surface area (Å²) in [6, 6.07) is 15.0. The van der Waals surface area contributed by atoms with Gasteiger partial charge in [0, 0.05) is 31.0 Å². The predicted octanol–water partition coefficient (Wildman–Crippen LogP) is 3.68. The van der Waals surface area contributed by atoms with Crippen molar-refractivity contribution in [2.24, 2.45) is 7.05 Å². The van der Waals surface area contributed by atoms with Crippen LogP contribution in [0.4, 0.5) is 0 Å².